The summed E-state index contributed by atoms with van der Waals surface area (Å²) >= 11 is 2.15. The molecule has 1 aliphatic rings. The molecule has 3 rings (SSSR count). The highest BCUT2D eigenvalue weighted by molar-refractivity contribution is 14.1. The highest BCUT2D eigenvalue weighted by Crippen LogP contribution is 2.29. The first kappa shape index (κ1) is 17.6. The Bertz CT molecular complexity index is 846. The first-order chi connectivity index (χ1) is 11.8. The quantitative estimate of drug-likeness (QED) is 0.444. The van der Waals surface area contributed by atoms with Crippen molar-refractivity contribution in [3.05, 3.63) is 68.8 Å². The van der Waals surface area contributed by atoms with E-state index >= 15 is 0 Å². The van der Waals surface area contributed by atoms with Crippen LogP contribution in [0.25, 0.3) is 0 Å². The fourth-order valence-corrected chi connectivity index (χ4v) is 3.15. The van der Waals surface area contributed by atoms with E-state index in [2.05, 4.69) is 27.9 Å². The van der Waals surface area contributed by atoms with Crippen molar-refractivity contribution in [1.82, 2.24) is 10.2 Å². The van der Waals surface area contributed by atoms with Gasteiger partial charge in [-0.05, 0) is 54.1 Å². The fourth-order valence-electron chi connectivity index (χ4n) is 2.79. The summed E-state index contributed by atoms with van der Waals surface area (Å²) in [6.07, 6.45) is 0. The summed E-state index contributed by atoms with van der Waals surface area (Å²) in [5.41, 5.74) is 1.08. The molecule has 25 heavy (non-hydrogen) atoms. The lowest BCUT2D eigenvalue weighted by atomic mass is 9.91. The Morgan fingerprint density at radius 3 is 2.28 bits per heavy atom. The highest BCUT2D eigenvalue weighted by Gasteiger charge is 2.49. The van der Waals surface area contributed by atoms with Gasteiger partial charge >= 0.3 is 6.03 Å². The van der Waals surface area contributed by atoms with Gasteiger partial charge in [-0.2, -0.15) is 0 Å². The fraction of sp³-hybridized carbons (Fsp3) is 0.211. The number of benzene rings is 2. The van der Waals surface area contributed by atoms with Crippen LogP contribution in [0.4, 0.5) is 4.79 Å². The molecule has 128 valence electrons. The summed E-state index contributed by atoms with van der Waals surface area (Å²) in [4.78, 5) is 38.5. The van der Waals surface area contributed by atoms with Crippen LogP contribution in [0.3, 0.4) is 0 Å². The Balaban J connectivity index is 1.82. The third kappa shape index (κ3) is 3.30. The molecule has 0 unspecified atom stereocenters. The minimum atomic E-state index is -1.16. The molecule has 5 nitrogen and oxygen atoms in total. The molecule has 0 aliphatic carbocycles. The van der Waals surface area contributed by atoms with Gasteiger partial charge in [0.05, 0.1) is 6.54 Å². The third-order valence-electron chi connectivity index (χ3n) is 4.37. The number of halogens is 1. The number of amides is 3. The molecular formula is C19H17IN2O3. The smallest absolute Gasteiger partial charge is 0.319 e. The molecule has 1 saturated heterocycles. The minimum Gasteiger partial charge on any atom is -0.319 e. The Kier molecular flexibility index (Phi) is 4.64. The van der Waals surface area contributed by atoms with Crippen molar-refractivity contribution in [2.24, 2.45) is 0 Å². The number of rotatable bonds is 4. The van der Waals surface area contributed by atoms with Crippen LogP contribution in [-0.4, -0.2) is 29.2 Å². The van der Waals surface area contributed by atoms with Gasteiger partial charge in [-0.1, -0.05) is 42.0 Å². The molecule has 1 heterocycles. The predicted molar refractivity (Wildman–Crippen MR) is 102 cm³/mol. The zero-order valence-corrected chi connectivity index (χ0v) is 16.0. The van der Waals surface area contributed by atoms with Gasteiger partial charge in [0.1, 0.15) is 5.54 Å². The standard InChI is InChI=1S/C19H17IN2O3/c1-12-3-7-14(8-4-12)19(2)17(24)22(18(25)21-19)11-16(23)13-5-9-15(20)10-6-13/h3-10H,11H2,1-2H3,(H,21,25)/t19-/m1/s1. The van der Waals surface area contributed by atoms with Crippen LogP contribution in [0.2, 0.25) is 0 Å². The van der Waals surface area contributed by atoms with Crippen LogP contribution >= 0.6 is 22.6 Å². The van der Waals surface area contributed by atoms with E-state index in [0.29, 0.717) is 11.1 Å². The lowest BCUT2D eigenvalue weighted by Gasteiger charge is -2.22. The largest absolute Gasteiger partial charge is 0.325 e. The predicted octanol–water partition coefficient (Wildman–Crippen LogP) is 3.25. The Morgan fingerprint density at radius 1 is 1.08 bits per heavy atom. The number of hydrogen-bond donors (Lipinski definition) is 1. The Hall–Kier alpha value is -2.22. The zero-order chi connectivity index (χ0) is 18.2. The number of Topliss-reactive ketones (excluding diaryl/α,β-unsaturated/α-hetero) is 1. The van der Waals surface area contributed by atoms with Gasteiger partial charge in [-0.3, -0.25) is 14.5 Å². The first-order valence-corrected chi connectivity index (χ1v) is 8.89. The van der Waals surface area contributed by atoms with E-state index in [0.717, 1.165) is 14.0 Å². The zero-order valence-electron chi connectivity index (χ0n) is 13.9. The normalized spacial score (nSPS) is 19.9. The van der Waals surface area contributed by atoms with Gasteiger partial charge in [0.25, 0.3) is 5.91 Å². The summed E-state index contributed by atoms with van der Waals surface area (Å²) in [6, 6.07) is 13.9. The maximum Gasteiger partial charge on any atom is 0.325 e. The van der Waals surface area contributed by atoms with Crippen molar-refractivity contribution < 1.29 is 14.4 Å². The van der Waals surface area contributed by atoms with Crippen LogP contribution in [0.15, 0.2) is 48.5 Å². The number of urea groups is 1. The molecule has 2 aromatic carbocycles. The Morgan fingerprint density at radius 2 is 1.68 bits per heavy atom. The number of nitrogens with zero attached hydrogens (tertiary/aromatic N) is 1. The van der Waals surface area contributed by atoms with Gasteiger partial charge < -0.3 is 5.32 Å². The summed E-state index contributed by atoms with van der Waals surface area (Å²) in [7, 11) is 0. The molecule has 0 saturated carbocycles. The van der Waals surface area contributed by atoms with Gasteiger partial charge in [-0.25, -0.2) is 4.79 Å². The first-order valence-electron chi connectivity index (χ1n) is 7.81. The number of carbonyl (C=O) groups excluding carboxylic acids is 3. The topological polar surface area (TPSA) is 66.5 Å². The molecule has 0 radical (unpaired) electrons. The molecule has 1 fully saturated rings. The van der Waals surface area contributed by atoms with Gasteiger partial charge in [0.15, 0.2) is 5.78 Å². The van der Waals surface area contributed by atoms with E-state index in [9.17, 15) is 14.4 Å². The maximum atomic E-state index is 12.8. The van der Waals surface area contributed by atoms with Gasteiger partial charge in [0.2, 0.25) is 0 Å². The number of ketones is 1. The summed E-state index contributed by atoms with van der Waals surface area (Å²) in [5.74, 6) is -0.687. The van der Waals surface area contributed by atoms with Crippen molar-refractivity contribution in [1.29, 1.82) is 0 Å². The van der Waals surface area contributed by atoms with Crippen LogP contribution in [0, 0.1) is 10.5 Å². The molecule has 2 aromatic rings. The molecule has 1 N–H and O–H groups in total. The van der Waals surface area contributed by atoms with E-state index in [4.69, 9.17) is 0 Å². The molecule has 0 spiro atoms. The van der Waals surface area contributed by atoms with Crippen LogP contribution in [-0.2, 0) is 10.3 Å². The SMILES string of the molecule is Cc1ccc([C@@]2(C)NC(=O)N(CC(=O)c3ccc(I)cc3)C2=O)cc1. The van der Waals surface area contributed by atoms with Crippen LogP contribution < -0.4 is 5.32 Å². The van der Waals surface area contributed by atoms with E-state index in [1.807, 2.05) is 43.3 Å². The van der Waals surface area contributed by atoms with Crippen molar-refractivity contribution in [3.8, 4) is 0 Å². The van der Waals surface area contributed by atoms with Crippen molar-refractivity contribution in [3.63, 3.8) is 0 Å². The second kappa shape index (κ2) is 6.59. The van der Waals surface area contributed by atoms with Gasteiger partial charge in [-0.15, -0.1) is 0 Å². The van der Waals surface area contributed by atoms with E-state index < -0.39 is 17.5 Å². The van der Waals surface area contributed by atoms with Crippen LogP contribution in [0.1, 0.15) is 28.4 Å². The monoisotopic (exact) mass is 448 g/mol. The number of nitrogens with one attached hydrogen (secondary N) is 1. The molecule has 6 heteroatoms. The molecular weight excluding hydrogens is 431 g/mol. The summed E-state index contributed by atoms with van der Waals surface area (Å²) < 4.78 is 1.01. The molecule has 1 aliphatic heterocycles. The van der Waals surface area contributed by atoms with Crippen molar-refractivity contribution in [2.75, 3.05) is 6.54 Å². The Labute approximate surface area is 159 Å². The summed E-state index contributed by atoms with van der Waals surface area (Å²) in [6.45, 7) is 3.34. The number of aryl methyl sites for hydroxylation is 1. The van der Waals surface area contributed by atoms with Crippen molar-refractivity contribution in [2.45, 2.75) is 19.4 Å². The second-order valence-electron chi connectivity index (χ2n) is 6.24. The molecule has 0 bridgehead atoms. The second-order valence-corrected chi connectivity index (χ2v) is 7.49. The average Bonchev–Trinajstić information content (AvgIpc) is 2.80. The summed E-state index contributed by atoms with van der Waals surface area (Å²) in [5, 5.41) is 2.72. The lowest BCUT2D eigenvalue weighted by molar-refractivity contribution is -0.130. The number of carbonyl (C=O) groups is 3. The minimum absolute atomic E-state index is 0.270. The van der Waals surface area contributed by atoms with Crippen molar-refractivity contribution >= 4 is 40.3 Å². The van der Waals surface area contributed by atoms with E-state index in [-0.39, 0.29) is 12.3 Å². The van der Waals surface area contributed by atoms with Gasteiger partial charge in [0, 0.05) is 9.13 Å². The maximum absolute atomic E-state index is 12.8. The molecule has 3 amide bonds. The van der Waals surface area contributed by atoms with Crippen LogP contribution in [0.5, 0.6) is 0 Å². The lowest BCUT2D eigenvalue weighted by Crippen LogP contribution is -2.41. The third-order valence-corrected chi connectivity index (χ3v) is 5.09. The molecule has 0 aromatic heterocycles. The average molecular weight is 448 g/mol. The number of hydrogen-bond acceptors (Lipinski definition) is 3. The molecule has 1 atom stereocenters. The van der Waals surface area contributed by atoms with E-state index in [1.165, 1.54) is 0 Å². The number of imide groups is 1. The van der Waals surface area contributed by atoms with E-state index in [1.54, 1.807) is 19.1 Å². The highest BCUT2D eigenvalue weighted by atomic mass is 127.